The molecule has 0 bridgehead atoms. The minimum Gasteiger partial charge on any atom is -0.254 e. The molecular formula is C50H34N4. The lowest BCUT2D eigenvalue weighted by Crippen LogP contribution is -1.98. The normalized spacial score (nSPS) is 11.5. The van der Waals surface area contributed by atoms with Gasteiger partial charge in [-0.25, -0.2) is 0 Å². The van der Waals surface area contributed by atoms with Gasteiger partial charge in [0, 0.05) is 51.7 Å². The van der Waals surface area contributed by atoms with E-state index >= 15 is 0 Å². The van der Waals surface area contributed by atoms with Crippen molar-refractivity contribution in [2.45, 2.75) is 13.3 Å². The summed E-state index contributed by atoms with van der Waals surface area (Å²) >= 11 is 0. The van der Waals surface area contributed by atoms with Crippen molar-refractivity contribution >= 4 is 43.6 Å². The maximum Gasteiger partial charge on any atom is 0.0974 e. The maximum atomic E-state index is 5.40. The van der Waals surface area contributed by atoms with Crippen LogP contribution in [0.2, 0.25) is 0 Å². The first-order valence-corrected chi connectivity index (χ1v) is 18.3. The number of hydrogen-bond acceptors (Lipinski definition) is 4. The first kappa shape index (κ1) is 31.7. The van der Waals surface area contributed by atoms with Crippen molar-refractivity contribution in [1.82, 2.24) is 19.9 Å². The van der Waals surface area contributed by atoms with Gasteiger partial charge in [-0.3, -0.25) is 19.9 Å². The molecule has 0 atom stereocenters. The highest BCUT2D eigenvalue weighted by Gasteiger charge is 2.17. The van der Waals surface area contributed by atoms with Crippen LogP contribution in [0.5, 0.6) is 0 Å². The Morgan fingerprint density at radius 2 is 0.833 bits per heavy atom. The summed E-state index contributed by atoms with van der Waals surface area (Å²) in [5, 5.41) is 4.38. The lowest BCUT2D eigenvalue weighted by molar-refractivity contribution is 1.10. The fourth-order valence-electron chi connectivity index (χ4n) is 7.97. The van der Waals surface area contributed by atoms with Crippen LogP contribution < -0.4 is 0 Å². The Bertz CT molecular complexity index is 3010. The first-order chi connectivity index (χ1) is 26.7. The molecular weight excluding hydrogens is 657 g/mol. The molecule has 10 aromatic rings. The number of hydrogen-bond donors (Lipinski definition) is 0. The van der Waals surface area contributed by atoms with E-state index in [0.717, 1.165) is 82.8 Å². The minimum atomic E-state index is 0.672. The van der Waals surface area contributed by atoms with Gasteiger partial charge in [-0.1, -0.05) is 140 Å². The fraction of sp³-hybridized carbons (Fsp3) is 0.0400. The van der Waals surface area contributed by atoms with Crippen LogP contribution in [0, 0.1) is 6.92 Å². The molecule has 4 aromatic heterocycles. The molecule has 0 spiro atoms. The van der Waals surface area contributed by atoms with Gasteiger partial charge in [0.05, 0.1) is 22.1 Å². The lowest BCUT2D eigenvalue weighted by atomic mass is 9.93. The summed E-state index contributed by atoms with van der Waals surface area (Å²) in [7, 11) is 0. The third kappa shape index (κ3) is 5.56. The van der Waals surface area contributed by atoms with Crippen molar-refractivity contribution in [2.24, 2.45) is 0 Å². The molecule has 4 heteroatoms. The Morgan fingerprint density at radius 1 is 0.370 bits per heavy atom. The van der Waals surface area contributed by atoms with Crippen molar-refractivity contribution in [3.8, 4) is 44.5 Å². The number of pyridine rings is 4. The molecule has 0 saturated carbocycles. The zero-order valence-electron chi connectivity index (χ0n) is 29.7. The molecule has 0 saturated heterocycles. The van der Waals surface area contributed by atoms with Crippen molar-refractivity contribution in [1.29, 1.82) is 0 Å². The van der Waals surface area contributed by atoms with Gasteiger partial charge >= 0.3 is 0 Å². The highest BCUT2D eigenvalue weighted by Crippen LogP contribution is 2.38. The third-order valence-corrected chi connectivity index (χ3v) is 10.4. The van der Waals surface area contributed by atoms with Crippen LogP contribution in [0.1, 0.15) is 17.0 Å². The summed E-state index contributed by atoms with van der Waals surface area (Å²) in [6.45, 7) is 2.07. The minimum absolute atomic E-state index is 0.672. The van der Waals surface area contributed by atoms with Crippen molar-refractivity contribution in [2.75, 3.05) is 0 Å². The molecule has 0 aliphatic heterocycles. The van der Waals surface area contributed by atoms with Gasteiger partial charge < -0.3 is 0 Å². The van der Waals surface area contributed by atoms with E-state index in [-0.39, 0.29) is 0 Å². The Labute approximate surface area is 313 Å². The van der Waals surface area contributed by atoms with Crippen LogP contribution in [0.3, 0.4) is 0 Å². The fourth-order valence-corrected chi connectivity index (χ4v) is 7.97. The Balaban J connectivity index is 1.10. The monoisotopic (exact) mass is 690 g/mol. The van der Waals surface area contributed by atoms with E-state index in [1.54, 1.807) is 0 Å². The second-order valence-corrected chi connectivity index (χ2v) is 13.9. The molecule has 4 heterocycles. The van der Waals surface area contributed by atoms with Crippen LogP contribution in [-0.2, 0) is 6.42 Å². The average Bonchev–Trinajstić information content (AvgIpc) is 3.23. The van der Waals surface area contributed by atoms with E-state index in [0.29, 0.717) is 6.42 Å². The van der Waals surface area contributed by atoms with Crippen molar-refractivity contribution in [3.63, 3.8) is 0 Å². The highest BCUT2D eigenvalue weighted by atomic mass is 14.8. The molecule has 0 aliphatic rings. The summed E-state index contributed by atoms with van der Waals surface area (Å²) < 4.78 is 0. The van der Waals surface area contributed by atoms with Crippen LogP contribution in [0.15, 0.2) is 176 Å². The Kier molecular flexibility index (Phi) is 7.73. The van der Waals surface area contributed by atoms with Gasteiger partial charge in [-0.05, 0) is 81.3 Å². The molecule has 0 amide bonds. The number of benzene rings is 6. The zero-order valence-corrected chi connectivity index (χ0v) is 29.7. The van der Waals surface area contributed by atoms with E-state index < -0.39 is 0 Å². The predicted molar refractivity (Wildman–Crippen MR) is 223 cm³/mol. The van der Waals surface area contributed by atoms with Crippen LogP contribution in [0.4, 0.5) is 0 Å². The standard InChI is InChI=1S/C50H34N4/c1-32-28-45(35-15-7-3-8-16-35)43-22-23-44-46(36-17-9-4-10-18-36)31-38(54-50(44)49(43)53-32)30-33-12-11-19-37(29-33)40-25-27-52-48-42(40)21-20-41-39(24-26-51-47(41)48)34-13-5-2-6-14-34/h2-29,31H,30H2,1H3. The van der Waals surface area contributed by atoms with E-state index in [1.165, 1.54) is 22.3 Å². The number of aryl methyl sites for hydroxylation is 1. The van der Waals surface area contributed by atoms with Crippen LogP contribution in [0.25, 0.3) is 88.1 Å². The van der Waals surface area contributed by atoms with Gasteiger partial charge in [-0.2, -0.15) is 0 Å². The molecule has 54 heavy (non-hydrogen) atoms. The van der Waals surface area contributed by atoms with E-state index in [4.69, 9.17) is 19.9 Å². The third-order valence-electron chi connectivity index (χ3n) is 10.4. The largest absolute Gasteiger partial charge is 0.254 e. The van der Waals surface area contributed by atoms with Gasteiger partial charge in [0.15, 0.2) is 0 Å². The van der Waals surface area contributed by atoms with Gasteiger partial charge in [0.2, 0.25) is 0 Å². The van der Waals surface area contributed by atoms with Gasteiger partial charge in [-0.15, -0.1) is 0 Å². The van der Waals surface area contributed by atoms with Crippen LogP contribution >= 0.6 is 0 Å². The molecule has 254 valence electrons. The second kappa shape index (κ2) is 13.2. The quantitative estimate of drug-likeness (QED) is 0.163. The molecule has 4 nitrogen and oxygen atoms in total. The van der Waals surface area contributed by atoms with Crippen LogP contribution in [-0.4, -0.2) is 19.9 Å². The first-order valence-electron chi connectivity index (χ1n) is 18.3. The Hall–Kier alpha value is -7.04. The molecule has 0 fully saturated rings. The topological polar surface area (TPSA) is 51.6 Å². The predicted octanol–water partition coefficient (Wildman–Crippen LogP) is 12.4. The molecule has 0 unspecified atom stereocenters. The average molecular weight is 691 g/mol. The molecule has 6 aromatic carbocycles. The zero-order chi connectivity index (χ0) is 36.0. The SMILES string of the molecule is Cc1cc(-c2ccccc2)c2ccc3c(-c4ccccc4)cc(Cc4cccc(-c5ccnc6c5ccc5c(-c7ccccc7)ccnc56)c4)nc3c2n1. The van der Waals surface area contributed by atoms with Crippen molar-refractivity contribution in [3.05, 3.63) is 193 Å². The number of aromatic nitrogens is 4. The molecule has 10 rings (SSSR count). The smallest absolute Gasteiger partial charge is 0.0974 e. The molecule has 0 aliphatic carbocycles. The molecule has 0 N–H and O–H groups in total. The summed E-state index contributed by atoms with van der Waals surface area (Å²) in [6.07, 6.45) is 4.47. The summed E-state index contributed by atoms with van der Waals surface area (Å²) in [4.78, 5) is 20.2. The summed E-state index contributed by atoms with van der Waals surface area (Å²) in [5.41, 5.74) is 16.1. The Morgan fingerprint density at radius 3 is 1.41 bits per heavy atom. The number of nitrogens with zero attached hydrogens (tertiary/aromatic N) is 4. The summed E-state index contributed by atoms with van der Waals surface area (Å²) in [5.74, 6) is 0. The second-order valence-electron chi connectivity index (χ2n) is 13.9. The van der Waals surface area contributed by atoms with E-state index in [1.807, 2.05) is 18.5 Å². The van der Waals surface area contributed by atoms with Gasteiger partial charge in [0.1, 0.15) is 0 Å². The highest BCUT2D eigenvalue weighted by molar-refractivity contribution is 6.13. The van der Waals surface area contributed by atoms with E-state index in [2.05, 4.69) is 165 Å². The van der Waals surface area contributed by atoms with E-state index in [9.17, 15) is 0 Å². The van der Waals surface area contributed by atoms with Gasteiger partial charge in [0.25, 0.3) is 0 Å². The summed E-state index contributed by atoms with van der Waals surface area (Å²) in [6, 6.07) is 57.9. The molecule has 0 radical (unpaired) electrons. The number of rotatable bonds is 6. The lowest BCUT2D eigenvalue weighted by Gasteiger charge is -2.15. The van der Waals surface area contributed by atoms with Crippen molar-refractivity contribution < 1.29 is 0 Å². The maximum absolute atomic E-state index is 5.40. The number of fused-ring (bicyclic) bond motifs is 6.